The van der Waals surface area contributed by atoms with Gasteiger partial charge in [0.1, 0.15) is 0 Å². The first-order valence-corrected chi connectivity index (χ1v) is 8.94. The van der Waals surface area contributed by atoms with Gasteiger partial charge in [0.15, 0.2) is 0 Å². The molecule has 0 fully saturated rings. The molecule has 3 unspecified atom stereocenters. The summed E-state index contributed by atoms with van der Waals surface area (Å²) in [6, 6.07) is 0. The molecule has 0 aromatic rings. The van der Waals surface area contributed by atoms with Crippen LogP contribution in [0.2, 0.25) is 0 Å². The summed E-state index contributed by atoms with van der Waals surface area (Å²) in [6.07, 6.45) is -0.654. The van der Waals surface area contributed by atoms with Crippen molar-refractivity contribution in [1.82, 2.24) is 0 Å². The molecule has 0 aliphatic heterocycles. The first-order chi connectivity index (χ1) is 12.5. The van der Waals surface area contributed by atoms with E-state index >= 15 is 0 Å². The fraction of sp³-hybridized carbons (Fsp3) is 1.00. The van der Waals surface area contributed by atoms with Gasteiger partial charge in [0.25, 0.3) is 0 Å². The van der Waals surface area contributed by atoms with Crippen LogP contribution in [0.25, 0.3) is 0 Å². The lowest BCUT2D eigenvalue weighted by atomic mass is 10.4. The molecule has 0 saturated carbocycles. The van der Waals surface area contributed by atoms with E-state index in [-0.39, 0.29) is 32.0 Å². The number of hydrogen-bond donors (Lipinski definition) is 4. The summed E-state index contributed by atoms with van der Waals surface area (Å²) >= 11 is 0. The van der Waals surface area contributed by atoms with Crippen LogP contribution in [0.4, 0.5) is 0 Å². The van der Waals surface area contributed by atoms with Crippen LogP contribution in [0.15, 0.2) is 0 Å². The van der Waals surface area contributed by atoms with E-state index in [9.17, 15) is 0 Å². The lowest BCUT2D eigenvalue weighted by Gasteiger charge is -2.16. The minimum absolute atomic E-state index is 0.0170. The highest BCUT2D eigenvalue weighted by molar-refractivity contribution is 4.52. The van der Waals surface area contributed by atoms with Crippen LogP contribution in [0.5, 0.6) is 0 Å². The maximum atomic E-state index is 8.92. The minimum Gasteiger partial charge on any atom is -0.394 e. The predicted molar refractivity (Wildman–Crippen MR) is 96.2 cm³/mol. The van der Waals surface area contributed by atoms with E-state index in [2.05, 4.69) is 0 Å². The fourth-order valence-corrected chi connectivity index (χ4v) is 1.38. The van der Waals surface area contributed by atoms with Crippen molar-refractivity contribution in [3.8, 4) is 0 Å². The molecule has 9 heteroatoms. The van der Waals surface area contributed by atoms with Crippen molar-refractivity contribution in [2.45, 2.75) is 39.1 Å². The second kappa shape index (κ2) is 22.7. The summed E-state index contributed by atoms with van der Waals surface area (Å²) in [6.45, 7) is 8.87. The highest BCUT2D eigenvalue weighted by Gasteiger charge is 2.07. The van der Waals surface area contributed by atoms with Crippen LogP contribution < -0.4 is 0 Å². The lowest BCUT2D eigenvalue weighted by molar-refractivity contribution is -0.0620. The third-order valence-electron chi connectivity index (χ3n) is 2.71. The van der Waals surface area contributed by atoms with Crippen molar-refractivity contribution >= 4 is 0 Å². The van der Waals surface area contributed by atoms with Crippen LogP contribution in [0.3, 0.4) is 0 Å². The van der Waals surface area contributed by atoms with E-state index in [1.165, 1.54) is 0 Å². The summed E-state index contributed by atoms with van der Waals surface area (Å²) in [5.41, 5.74) is 0. The maximum absolute atomic E-state index is 8.92. The molecule has 0 aliphatic rings. The van der Waals surface area contributed by atoms with Gasteiger partial charge >= 0.3 is 0 Å². The Morgan fingerprint density at radius 3 is 1.42 bits per heavy atom. The zero-order chi connectivity index (χ0) is 20.0. The lowest BCUT2D eigenvalue weighted by Crippen LogP contribution is -2.24. The Hall–Kier alpha value is -0.360. The molecular formula is C17H38O9. The fourth-order valence-electron chi connectivity index (χ4n) is 1.38. The molecule has 0 rings (SSSR count). The van der Waals surface area contributed by atoms with Crippen molar-refractivity contribution in [2.24, 2.45) is 0 Å². The zero-order valence-electron chi connectivity index (χ0n) is 16.3. The summed E-state index contributed by atoms with van der Waals surface area (Å²) in [7, 11) is 0. The maximum Gasteiger partial charge on any atom is 0.0781 e. The molecule has 0 heterocycles. The highest BCUT2D eigenvalue weighted by atomic mass is 16.6. The Morgan fingerprint density at radius 2 is 1.04 bits per heavy atom. The van der Waals surface area contributed by atoms with Gasteiger partial charge in [-0.25, -0.2) is 0 Å². The van der Waals surface area contributed by atoms with Crippen molar-refractivity contribution in [3.63, 3.8) is 0 Å². The second-order valence-electron chi connectivity index (χ2n) is 5.60. The predicted octanol–water partition coefficient (Wildman–Crippen LogP) is -0.809. The number of aliphatic hydroxyl groups excluding tert-OH is 4. The van der Waals surface area contributed by atoms with Gasteiger partial charge in [0.05, 0.1) is 91.0 Å². The SMILES string of the molecule is CC(O)COC(C)COC(C)CO.OCCOCCOCCOCCO. The van der Waals surface area contributed by atoms with Crippen molar-refractivity contribution in [2.75, 3.05) is 72.7 Å². The van der Waals surface area contributed by atoms with Gasteiger partial charge in [0, 0.05) is 0 Å². The molecule has 0 bridgehead atoms. The molecule has 26 heavy (non-hydrogen) atoms. The monoisotopic (exact) mass is 386 g/mol. The Kier molecular flexibility index (Phi) is 24.3. The number of aliphatic hydroxyl groups is 4. The molecular weight excluding hydrogens is 348 g/mol. The molecule has 0 aromatic carbocycles. The molecule has 4 N–H and O–H groups in total. The average molecular weight is 386 g/mol. The first kappa shape index (κ1) is 27.9. The van der Waals surface area contributed by atoms with E-state index < -0.39 is 6.10 Å². The van der Waals surface area contributed by atoms with E-state index in [4.69, 9.17) is 44.1 Å². The molecule has 3 atom stereocenters. The quantitative estimate of drug-likeness (QED) is 0.237. The number of ether oxygens (including phenoxy) is 5. The smallest absolute Gasteiger partial charge is 0.0781 e. The average Bonchev–Trinajstić information content (AvgIpc) is 2.63. The van der Waals surface area contributed by atoms with Gasteiger partial charge in [-0.1, -0.05) is 0 Å². The van der Waals surface area contributed by atoms with E-state index in [0.29, 0.717) is 52.9 Å². The summed E-state index contributed by atoms with van der Waals surface area (Å²) in [4.78, 5) is 0. The van der Waals surface area contributed by atoms with Crippen LogP contribution in [0.1, 0.15) is 20.8 Å². The van der Waals surface area contributed by atoms with Gasteiger partial charge in [0.2, 0.25) is 0 Å². The Bertz CT molecular complexity index is 244. The van der Waals surface area contributed by atoms with Gasteiger partial charge in [-0.3, -0.25) is 0 Å². The summed E-state index contributed by atoms with van der Waals surface area (Å²) < 4.78 is 25.5. The Balaban J connectivity index is 0. The molecule has 0 aliphatic carbocycles. The van der Waals surface area contributed by atoms with E-state index in [1.807, 2.05) is 6.92 Å². The van der Waals surface area contributed by atoms with Gasteiger partial charge < -0.3 is 44.1 Å². The molecule has 9 nitrogen and oxygen atoms in total. The van der Waals surface area contributed by atoms with Crippen LogP contribution in [0, 0.1) is 0 Å². The third kappa shape index (κ3) is 25.9. The highest BCUT2D eigenvalue weighted by Crippen LogP contribution is 1.97. The van der Waals surface area contributed by atoms with Crippen LogP contribution in [-0.4, -0.2) is 111 Å². The normalized spacial score (nSPS) is 14.4. The number of hydrogen-bond acceptors (Lipinski definition) is 9. The first-order valence-electron chi connectivity index (χ1n) is 8.94. The van der Waals surface area contributed by atoms with Crippen molar-refractivity contribution in [1.29, 1.82) is 0 Å². The second-order valence-corrected chi connectivity index (χ2v) is 5.60. The third-order valence-corrected chi connectivity index (χ3v) is 2.71. The standard InChI is InChI=1S/C9H20O4.C8H18O5/c1-7(11)5-12-9(3)6-13-8(2)4-10;9-1-3-11-5-7-13-8-6-12-4-2-10/h7-11H,4-6H2,1-3H3;9-10H,1-8H2. The molecule has 0 spiro atoms. The molecule has 0 saturated heterocycles. The van der Waals surface area contributed by atoms with E-state index in [0.717, 1.165) is 0 Å². The minimum atomic E-state index is -0.447. The topological polar surface area (TPSA) is 127 Å². The zero-order valence-corrected chi connectivity index (χ0v) is 16.3. The summed E-state index contributed by atoms with van der Waals surface area (Å²) in [5.74, 6) is 0. The van der Waals surface area contributed by atoms with Crippen molar-refractivity contribution in [3.05, 3.63) is 0 Å². The largest absolute Gasteiger partial charge is 0.394 e. The summed E-state index contributed by atoms with van der Waals surface area (Å²) in [5, 5.41) is 34.3. The Morgan fingerprint density at radius 1 is 0.615 bits per heavy atom. The van der Waals surface area contributed by atoms with E-state index in [1.54, 1.807) is 13.8 Å². The molecule has 160 valence electrons. The van der Waals surface area contributed by atoms with Crippen molar-refractivity contribution < 1.29 is 44.1 Å². The van der Waals surface area contributed by atoms with Crippen LogP contribution >= 0.6 is 0 Å². The molecule has 0 aromatic heterocycles. The number of rotatable bonds is 17. The van der Waals surface area contributed by atoms with Gasteiger partial charge in [-0.2, -0.15) is 0 Å². The molecule has 0 amide bonds. The van der Waals surface area contributed by atoms with Gasteiger partial charge in [-0.05, 0) is 20.8 Å². The Labute approximate surface area is 156 Å². The molecule has 0 radical (unpaired) electrons. The van der Waals surface area contributed by atoms with Crippen LogP contribution in [-0.2, 0) is 23.7 Å². The van der Waals surface area contributed by atoms with Gasteiger partial charge in [-0.15, -0.1) is 0 Å².